The molecule has 2 aromatic carbocycles. The number of hydrogen-bond acceptors (Lipinski definition) is 3. The molecule has 0 N–H and O–H groups in total. The molecule has 0 fully saturated rings. The Morgan fingerprint density at radius 3 is 2.55 bits per heavy atom. The van der Waals surface area contributed by atoms with Crippen LogP contribution in [0.3, 0.4) is 0 Å². The third kappa shape index (κ3) is 2.56. The lowest BCUT2D eigenvalue weighted by molar-refractivity contribution is -0.605. The summed E-state index contributed by atoms with van der Waals surface area (Å²) in [6.07, 6.45) is 0. The monoisotopic (exact) mass is 407 g/mol. The summed E-state index contributed by atoms with van der Waals surface area (Å²) in [6.45, 7) is 0. The topological polar surface area (TPSA) is 54.3 Å². The van der Waals surface area contributed by atoms with Crippen LogP contribution in [0.1, 0.15) is 0 Å². The van der Waals surface area contributed by atoms with Crippen LogP contribution in [-0.4, -0.2) is 11.7 Å². The molecular weight excluding hydrogens is 393 g/mol. The molecule has 0 bridgehead atoms. The quantitative estimate of drug-likeness (QED) is 0.510. The van der Waals surface area contributed by atoms with E-state index in [1.807, 2.05) is 30.3 Å². The zero-order valence-electron chi connectivity index (χ0n) is 12.2. The molecule has 112 valence electrons. The molecule has 0 saturated heterocycles. The molecule has 1 heterocycles. The van der Waals surface area contributed by atoms with E-state index < -0.39 is 21.2 Å². The predicted octanol–water partition coefficient (Wildman–Crippen LogP) is -1.25. The standard InChI is InChI=1S/C17H14INO3/c1-19-14-10-12(22-2)8-9-13(14)16(20)15(17(19)21)18-11-6-4-3-5-7-11/h3-10H,1-2H3. The first-order chi connectivity index (χ1) is 10.6. The van der Waals surface area contributed by atoms with Crippen molar-refractivity contribution in [2.75, 3.05) is 7.11 Å². The molecule has 22 heavy (non-hydrogen) atoms. The maximum absolute atomic E-state index is 12.7. The van der Waals surface area contributed by atoms with Gasteiger partial charge in [-0.25, -0.2) is 0 Å². The van der Waals surface area contributed by atoms with Gasteiger partial charge in [-0.05, 0) is 35.4 Å². The Balaban J connectivity index is 2.22. The van der Waals surface area contributed by atoms with Crippen LogP contribution in [0.15, 0.2) is 53.3 Å². The molecular formula is C17H14INO3. The number of halogens is 1. The number of aromatic nitrogens is 1. The third-order valence-electron chi connectivity index (χ3n) is 3.44. The Morgan fingerprint density at radius 1 is 1.14 bits per heavy atom. The van der Waals surface area contributed by atoms with Crippen molar-refractivity contribution in [2.45, 2.75) is 0 Å². The normalized spacial score (nSPS) is 10.8. The smallest absolute Gasteiger partial charge is 0.363 e. The molecule has 1 aromatic heterocycles. The van der Waals surface area contributed by atoms with Crippen LogP contribution < -0.4 is 36.6 Å². The van der Waals surface area contributed by atoms with Gasteiger partial charge in [-0.1, -0.05) is 18.2 Å². The highest BCUT2D eigenvalue weighted by atomic mass is 127. The van der Waals surface area contributed by atoms with Crippen molar-refractivity contribution in [2.24, 2.45) is 7.05 Å². The van der Waals surface area contributed by atoms with Gasteiger partial charge in [0.2, 0.25) is 0 Å². The van der Waals surface area contributed by atoms with Crippen molar-refractivity contribution < 1.29 is 31.0 Å². The Morgan fingerprint density at radius 2 is 1.86 bits per heavy atom. The van der Waals surface area contributed by atoms with E-state index in [2.05, 4.69) is 0 Å². The number of nitrogens with zero attached hydrogens (tertiary/aromatic N) is 1. The fourth-order valence-corrected chi connectivity index (χ4v) is 4.78. The van der Waals surface area contributed by atoms with Crippen molar-refractivity contribution >= 4 is 10.9 Å². The number of ether oxygens (including phenoxy) is 1. The fraction of sp³-hybridized carbons (Fsp3) is 0.118. The summed E-state index contributed by atoms with van der Waals surface area (Å²) in [5.74, 6) is 0.477. The van der Waals surface area contributed by atoms with Crippen LogP contribution in [0.25, 0.3) is 10.9 Å². The maximum Gasteiger partial charge on any atom is 0.363 e. The lowest BCUT2D eigenvalue weighted by Crippen LogP contribution is -3.62. The molecule has 0 spiro atoms. The molecule has 0 atom stereocenters. The number of methoxy groups -OCH3 is 1. The maximum atomic E-state index is 12.7. The fourth-order valence-electron chi connectivity index (χ4n) is 2.25. The van der Waals surface area contributed by atoms with Crippen LogP contribution in [0.5, 0.6) is 11.5 Å². The minimum absolute atomic E-state index is 0.155. The van der Waals surface area contributed by atoms with E-state index in [1.54, 1.807) is 32.4 Å². The average molecular weight is 407 g/mol. The second kappa shape index (κ2) is 6.00. The highest BCUT2D eigenvalue weighted by Gasteiger charge is 2.23. The second-order valence-electron chi connectivity index (χ2n) is 4.78. The van der Waals surface area contributed by atoms with Crippen molar-refractivity contribution in [3.8, 4) is 11.5 Å². The van der Waals surface area contributed by atoms with E-state index in [1.165, 1.54) is 4.57 Å². The van der Waals surface area contributed by atoms with Crippen LogP contribution in [0.4, 0.5) is 0 Å². The highest BCUT2D eigenvalue weighted by Crippen LogP contribution is 2.24. The Kier molecular flexibility index (Phi) is 4.06. The van der Waals surface area contributed by atoms with E-state index in [0.717, 1.165) is 3.57 Å². The summed E-state index contributed by atoms with van der Waals surface area (Å²) in [4.78, 5) is 12.6. The summed E-state index contributed by atoms with van der Waals surface area (Å²) in [7, 11) is 3.26. The Hall–Kier alpha value is -2.02. The zero-order chi connectivity index (χ0) is 15.7. The van der Waals surface area contributed by atoms with Crippen molar-refractivity contribution in [3.05, 3.63) is 66.0 Å². The minimum atomic E-state index is -0.795. The van der Waals surface area contributed by atoms with Gasteiger partial charge in [0.25, 0.3) is 3.57 Å². The number of rotatable bonds is 3. The largest absolute Gasteiger partial charge is 0.869 e. The second-order valence-corrected chi connectivity index (χ2v) is 7.64. The summed E-state index contributed by atoms with van der Waals surface area (Å²) >= 11 is -0.795. The van der Waals surface area contributed by atoms with E-state index in [-0.39, 0.29) is 11.3 Å². The average Bonchev–Trinajstić information content (AvgIpc) is 2.57. The first-order valence-electron chi connectivity index (χ1n) is 6.69. The molecule has 5 heteroatoms. The Bertz CT molecular complexity index is 888. The number of pyridine rings is 1. The van der Waals surface area contributed by atoms with E-state index in [0.29, 0.717) is 20.2 Å². The van der Waals surface area contributed by atoms with Gasteiger partial charge in [0.05, 0.1) is 12.6 Å². The van der Waals surface area contributed by atoms with Gasteiger partial charge in [0, 0.05) is 13.1 Å². The van der Waals surface area contributed by atoms with E-state index in [9.17, 15) is 9.90 Å². The first kappa shape index (κ1) is 14.9. The van der Waals surface area contributed by atoms with Crippen LogP contribution in [0.2, 0.25) is 0 Å². The lowest BCUT2D eigenvalue weighted by Gasteiger charge is -2.14. The summed E-state index contributed by atoms with van der Waals surface area (Å²) in [6, 6.07) is 14.9. The van der Waals surface area contributed by atoms with Gasteiger partial charge in [0.1, 0.15) is 5.75 Å². The molecule has 0 aliphatic heterocycles. The SMILES string of the molecule is COc1ccc2c([O-])c([I+]c3ccccc3)c(=O)n(C)c2c1. The first-order valence-corrected chi connectivity index (χ1v) is 8.85. The molecule has 3 aromatic rings. The van der Waals surface area contributed by atoms with Crippen molar-refractivity contribution in [3.63, 3.8) is 0 Å². The summed E-state index contributed by atoms with van der Waals surface area (Å²) in [5, 5.41) is 13.2. The summed E-state index contributed by atoms with van der Waals surface area (Å²) < 4.78 is 8.18. The van der Waals surface area contributed by atoms with Gasteiger partial charge in [-0.2, -0.15) is 0 Å². The van der Waals surface area contributed by atoms with Crippen LogP contribution in [0, 0.1) is 7.14 Å². The molecule has 0 amide bonds. The van der Waals surface area contributed by atoms with Crippen molar-refractivity contribution in [1.82, 2.24) is 4.57 Å². The molecule has 0 aliphatic rings. The van der Waals surface area contributed by atoms with Gasteiger partial charge >= 0.3 is 26.8 Å². The lowest BCUT2D eigenvalue weighted by atomic mass is 10.2. The van der Waals surface area contributed by atoms with Gasteiger partial charge in [0.15, 0.2) is 3.57 Å². The number of hydrogen-bond donors (Lipinski definition) is 0. The van der Waals surface area contributed by atoms with Crippen LogP contribution in [-0.2, 0) is 7.05 Å². The van der Waals surface area contributed by atoms with Crippen molar-refractivity contribution in [1.29, 1.82) is 0 Å². The number of fused-ring (bicyclic) bond motifs is 1. The summed E-state index contributed by atoms with van der Waals surface area (Å²) in [5.41, 5.74) is 0.401. The highest BCUT2D eigenvalue weighted by molar-refractivity contribution is 5.85. The minimum Gasteiger partial charge on any atom is -0.869 e. The zero-order valence-corrected chi connectivity index (χ0v) is 14.3. The number of aryl methyl sites for hydroxylation is 1. The predicted molar refractivity (Wildman–Crippen MR) is 79.0 cm³/mol. The molecule has 0 unspecified atom stereocenters. The molecule has 4 nitrogen and oxygen atoms in total. The van der Waals surface area contributed by atoms with Gasteiger partial charge in [-0.3, -0.25) is 4.79 Å². The Labute approximate surface area is 138 Å². The van der Waals surface area contributed by atoms with E-state index in [4.69, 9.17) is 4.74 Å². The van der Waals surface area contributed by atoms with Gasteiger partial charge < -0.3 is 14.4 Å². The molecule has 0 aliphatic carbocycles. The molecule has 3 rings (SSSR count). The van der Waals surface area contributed by atoms with Crippen LogP contribution >= 0.6 is 0 Å². The molecule has 0 radical (unpaired) electrons. The van der Waals surface area contributed by atoms with Gasteiger partial charge in [-0.15, -0.1) is 0 Å². The number of benzene rings is 2. The van der Waals surface area contributed by atoms with E-state index >= 15 is 0 Å². The third-order valence-corrected chi connectivity index (χ3v) is 6.27. The molecule has 0 saturated carbocycles.